The Balaban J connectivity index is 2.05. The highest BCUT2D eigenvalue weighted by Gasteiger charge is 2.09. The monoisotopic (exact) mass is 299 g/mol. The van der Waals surface area contributed by atoms with Gasteiger partial charge in [-0.2, -0.15) is 0 Å². The normalized spacial score (nSPS) is 10.4. The van der Waals surface area contributed by atoms with Gasteiger partial charge in [-0.05, 0) is 6.07 Å². The van der Waals surface area contributed by atoms with Gasteiger partial charge in [0.1, 0.15) is 5.01 Å². The molecule has 0 fully saturated rings. The highest BCUT2D eigenvalue weighted by molar-refractivity contribution is 7.09. The Morgan fingerprint density at radius 1 is 1.53 bits per heavy atom. The Morgan fingerprint density at radius 3 is 2.89 bits per heavy atom. The molecule has 6 nitrogen and oxygen atoms in total. The van der Waals surface area contributed by atoms with E-state index in [1.54, 1.807) is 11.4 Å². The number of aliphatic hydroxyl groups excluding tert-OH is 1. The van der Waals surface area contributed by atoms with Gasteiger partial charge >= 0.3 is 0 Å². The van der Waals surface area contributed by atoms with Gasteiger partial charge in [0.25, 0.3) is 5.69 Å². The number of non-ortho nitro benzene ring substituents is 1. The maximum Gasteiger partial charge on any atom is 0.271 e. The van der Waals surface area contributed by atoms with Crippen LogP contribution in [0.2, 0.25) is 5.02 Å². The number of nitro benzene ring substituents is 1. The van der Waals surface area contributed by atoms with Gasteiger partial charge in [-0.25, -0.2) is 4.98 Å². The molecule has 0 aliphatic rings. The van der Waals surface area contributed by atoms with Crippen LogP contribution in [0, 0.1) is 10.1 Å². The fourth-order valence-electron chi connectivity index (χ4n) is 1.43. The lowest BCUT2D eigenvalue weighted by Crippen LogP contribution is -2.00. The van der Waals surface area contributed by atoms with Crippen molar-refractivity contribution < 1.29 is 10.0 Å². The molecule has 0 saturated carbocycles. The van der Waals surface area contributed by atoms with Crippen LogP contribution in [0.15, 0.2) is 23.6 Å². The van der Waals surface area contributed by atoms with Crippen molar-refractivity contribution in [3.8, 4) is 0 Å². The van der Waals surface area contributed by atoms with E-state index in [0.29, 0.717) is 17.9 Å². The average molecular weight is 300 g/mol. The zero-order chi connectivity index (χ0) is 13.8. The van der Waals surface area contributed by atoms with Gasteiger partial charge in [0.05, 0.1) is 34.5 Å². The first-order valence-corrected chi connectivity index (χ1v) is 6.58. The molecule has 0 atom stereocenters. The molecule has 0 amide bonds. The van der Waals surface area contributed by atoms with Crippen LogP contribution >= 0.6 is 22.9 Å². The van der Waals surface area contributed by atoms with Crippen LogP contribution in [-0.2, 0) is 13.2 Å². The number of anilines is 1. The molecule has 0 unspecified atom stereocenters. The summed E-state index contributed by atoms with van der Waals surface area (Å²) < 4.78 is 0. The van der Waals surface area contributed by atoms with Gasteiger partial charge in [0.15, 0.2) is 0 Å². The van der Waals surface area contributed by atoms with E-state index < -0.39 is 4.92 Å². The van der Waals surface area contributed by atoms with Gasteiger partial charge < -0.3 is 10.4 Å². The quantitative estimate of drug-likeness (QED) is 0.654. The third-order valence-corrected chi connectivity index (χ3v) is 3.57. The standard InChI is InChI=1S/C11H10ClN3O3S/c12-9-3-8(15(17)18)1-2-10(9)13-4-11-14-7(5-16)6-19-11/h1-3,6,13,16H,4-5H2. The molecule has 19 heavy (non-hydrogen) atoms. The third kappa shape index (κ3) is 3.40. The second-order valence-corrected chi connectivity index (χ2v) is 5.02. The summed E-state index contributed by atoms with van der Waals surface area (Å²) in [6.45, 7) is 0.358. The van der Waals surface area contributed by atoms with Crippen molar-refractivity contribution in [3.63, 3.8) is 0 Å². The number of nitrogens with one attached hydrogen (secondary N) is 1. The van der Waals surface area contributed by atoms with Gasteiger partial charge in [0.2, 0.25) is 0 Å². The summed E-state index contributed by atoms with van der Waals surface area (Å²) in [7, 11) is 0. The largest absolute Gasteiger partial charge is 0.390 e. The van der Waals surface area contributed by atoms with E-state index in [1.807, 2.05) is 0 Å². The van der Waals surface area contributed by atoms with Gasteiger partial charge in [0, 0.05) is 17.5 Å². The van der Waals surface area contributed by atoms with E-state index in [4.69, 9.17) is 16.7 Å². The van der Waals surface area contributed by atoms with Crippen molar-refractivity contribution in [2.24, 2.45) is 0 Å². The van der Waals surface area contributed by atoms with Gasteiger partial charge in [-0.15, -0.1) is 11.3 Å². The van der Waals surface area contributed by atoms with Crippen LogP contribution < -0.4 is 5.32 Å². The number of nitro groups is 1. The number of aromatic nitrogens is 1. The molecule has 0 aliphatic carbocycles. The number of benzene rings is 1. The molecule has 0 aliphatic heterocycles. The summed E-state index contributed by atoms with van der Waals surface area (Å²) in [4.78, 5) is 14.3. The first kappa shape index (κ1) is 13.7. The number of aliphatic hydroxyl groups is 1. The molecule has 0 radical (unpaired) electrons. The zero-order valence-corrected chi connectivity index (χ0v) is 11.2. The number of hydrogen-bond acceptors (Lipinski definition) is 6. The maximum absolute atomic E-state index is 10.6. The van der Waals surface area contributed by atoms with E-state index in [9.17, 15) is 10.1 Å². The molecule has 1 aromatic heterocycles. The second-order valence-electron chi connectivity index (χ2n) is 3.67. The van der Waals surface area contributed by atoms with E-state index >= 15 is 0 Å². The first-order chi connectivity index (χ1) is 9.10. The number of rotatable bonds is 5. The van der Waals surface area contributed by atoms with E-state index in [0.717, 1.165) is 5.01 Å². The zero-order valence-electron chi connectivity index (χ0n) is 9.67. The van der Waals surface area contributed by atoms with E-state index in [1.165, 1.54) is 23.5 Å². The van der Waals surface area contributed by atoms with E-state index in [2.05, 4.69) is 10.3 Å². The minimum atomic E-state index is -0.496. The Labute approximate surface area is 117 Å². The molecule has 100 valence electrons. The van der Waals surface area contributed by atoms with Crippen molar-refractivity contribution in [1.29, 1.82) is 0 Å². The number of nitrogens with zero attached hydrogens (tertiary/aromatic N) is 2. The highest BCUT2D eigenvalue weighted by atomic mass is 35.5. The molecule has 2 N–H and O–H groups in total. The molecule has 0 spiro atoms. The first-order valence-electron chi connectivity index (χ1n) is 5.32. The molecular formula is C11H10ClN3O3S. The number of hydrogen-bond donors (Lipinski definition) is 2. The lowest BCUT2D eigenvalue weighted by atomic mass is 10.3. The maximum atomic E-state index is 10.6. The lowest BCUT2D eigenvalue weighted by molar-refractivity contribution is -0.384. The third-order valence-electron chi connectivity index (χ3n) is 2.35. The number of halogens is 1. The fraction of sp³-hybridized carbons (Fsp3) is 0.182. The predicted molar refractivity (Wildman–Crippen MR) is 73.5 cm³/mol. The van der Waals surface area contributed by atoms with Gasteiger partial charge in [-0.1, -0.05) is 11.6 Å². The highest BCUT2D eigenvalue weighted by Crippen LogP contribution is 2.27. The second kappa shape index (κ2) is 5.96. The predicted octanol–water partition coefficient (Wildman–Crippen LogP) is 2.81. The number of thiazole rings is 1. The molecule has 8 heteroatoms. The fourth-order valence-corrected chi connectivity index (χ4v) is 2.40. The van der Waals surface area contributed by atoms with Gasteiger partial charge in [-0.3, -0.25) is 10.1 Å². The Bertz CT molecular complexity index is 603. The minimum absolute atomic E-state index is 0.0487. The summed E-state index contributed by atoms with van der Waals surface area (Å²) in [6, 6.07) is 4.24. The molecule has 2 rings (SSSR count). The Morgan fingerprint density at radius 2 is 2.32 bits per heavy atom. The van der Waals surface area contributed by atoms with E-state index in [-0.39, 0.29) is 17.3 Å². The SMILES string of the molecule is O=[N+]([O-])c1ccc(NCc2nc(CO)cs2)c(Cl)c1. The Hall–Kier alpha value is -1.70. The van der Waals surface area contributed by atoms with Crippen molar-refractivity contribution in [1.82, 2.24) is 4.98 Å². The van der Waals surface area contributed by atoms with Crippen LogP contribution in [0.5, 0.6) is 0 Å². The van der Waals surface area contributed by atoms with Crippen LogP contribution in [0.4, 0.5) is 11.4 Å². The molecule has 0 saturated heterocycles. The van der Waals surface area contributed by atoms with Crippen molar-refractivity contribution in [2.45, 2.75) is 13.2 Å². The smallest absolute Gasteiger partial charge is 0.271 e. The Kier molecular flexibility index (Phi) is 4.31. The summed E-state index contributed by atoms with van der Waals surface area (Å²) in [5.74, 6) is 0. The van der Waals surface area contributed by atoms with Crippen LogP contribution in [0.25, 0.3) is 0 Å². The average Bonchev–Trinajstić information content (AvgIpc) is 2.85. The van der Waals surface area contributed by atoms with Crippen LogP contribution in [-0.4, -0.2) is 15.0 Å². The summed E-state index contributed by atoms with van der Waals surface area (Å²) in [6.07, 6.45) is 0. The summed E-state index contributed by atoms with van der Waals surface area (Å²) in [5.41, 5.74) is 1.18. The summed E-state index contributed by atoms with van der Waals surface area (Å²) in [5, 5.41) is 25.4. The van der Waals surface area contributed by atoms with Crippen LogP contribution in [0.1, 0.15) is 10.7 Å². The molecule has 1 heterocycles. The van der Waals surface area contributed by atoms with Crippen molar-refractivity contribution in [3.05, 3.63) is 49.4 Å². The molecule has 2 aromatic rings. The van der Waals surface area contributed by atoms with Crippen LogP contribution in [0.3, 0.4) is 0 Å². The minimum Gasteiger partial charge on any atom is -0.390 e. The topological polar surface area (TPSA) is 88.3 Å². The molecule has 1 aromatic carbocycles. The summed E-state index contributed by atoms with van der Waals surface area (Å²) >= 11 is 7.37. The van der Waals surface area contributed by atoms with Crippen molar-refractivity contribution in [2.75, 3.05) is 5.32 Å². The van der Waals surface area contributed by atoms with Crippen molar-refractivity contribution >= 4 is 34.3 Å². The molecular weight excluding hydrogens is 290 g/mol. The lowest BCUT2D eigenvalue weighted by Gasteiger charge is -2.06. The molecule has 0 bridgehead atoms.